The lowest BCUT2D eigenvalue weighted by Crippen LogP contribution is -2.38. The zero-order valence-electron chi connectivity index (χ0n) is 21.1. The first-order chi connectivity index (χ1) is 17.5. The van der Waals surface area contributed by atoms with Crippen LogP contribution < -0.4 is 20.9 Å². The number of aryl methyl sites for hydroxylation is 1. The average Bonchev–Trinajstić information content (AvgIpc) is 3.15. The molecule has 1 aromatic carbocycles. The first kappa shape index (κ1) is 25.1. The van der Waals surface area contributed by atoms with Gasteiger partial charge < -0.3 is 20.9 Å². The van der Waals surface area contributed by atoms with Crippen molar-refractivity contribution in [2.45, 2.75) is 57.9 Å². The number of rotatable bonds is 6. The van der Waals surface area contributed by atoms with Crippen molar-refractivity contribution in [1.29, 1.82) is 0 Å². The first-order valence-corrected chi connectivity index (χ1v) is 13.7. The Kier molecular flexibility index (Phi) is 7.82. The predicted molar refractivity (Wildman–Crippen MR) is 142 cm³/mol. The fraction of sp³-hybridized carbons (Fsp3) is 0.593. The van der Waals surface area contributed by atoms with Crippen molar-refractivity contribution in [1.82, 2.24) is 20.4 Å². The van der Waals surface area contributed by atoms with Gasteiger partial charge in [0.05, 0.1) is 24.1 Å². The van der Waals surface area contributed by atoms with Gasteiger partial charge in [0.2, 0.25) is 11.8 Å². The number of halogens is 1. The minimum atomic E-state index is -0.0152. The van der Waals surface area contributed by atoms with E-state index in [4.69, 9.17) is 11.6 Å². The molecule has 0 bridgehead atoms. The highest BCUT2D eigenvalue weighted by Gasteiger charge is 2.33. The van der Waals surface area contributed by atoms with Crippen LogP contribution in [0.15, 0.2) is 24.4 Å². The zero-order chi connectivity index (χ0) is 25.1. The number of nitrogens with zero attached hydrogens (tertiary/aromatic N) is 3. The van der Waals surface area contributed by atoms with Crippen molar-refractivity contribution in [3.05, 3.63) is 35.0 Å². The number of hydrogen-bond acceptors (Lipinski definition) is 5. The molecule has 2 fully saturated rings. The van der Waals surface area contributed by atoms with Crippen molar-refractivity contribution >= 4 is 40.6 Å². The normalized spacial score (nSPS) is 22.2. The number of amides is 2. The highest BCUT2D eigenvalue weighted by atomic mass is 35.5. The molecule has 0 atom stereocenters. The lowest BCUT2D eigenvalue weighted by molar-refractivity contribution is -0.124. The summed E-state index contributed by atoms with van der Waals surface area (Å²) in [5, 5.41) is 15.0. The van der Waals surface area contributed by atoms with Gasteiger partial charge in [-0.15, -0.1) is 0 Å². The maximum absolute atomic E-state index is 13.7. The predicted octanol–water partition coefficient (Wildman–Crippen LogP) is 4.37. The van der Waals surface area contributed by atoms with Crippen LogP contribution in [0.4, 0.5) is 17.2 Å². The van der Waals surface area contributed by atoms with Crippen molar-refractivity contribution in [3.8, 4) is 0 Å². The van der Waals surface area contributed by atoms with Gasteiger partial charge in [0.1, 0.15) is 5.82 Å². The largest absolute Gasteiger partial charge is 0.356 e. The quantitative estimate of drug-likeness (QED) is 0.534. The molecule has 36 heavy (non-hydrogen) atoms. The Morgan fingerprint density at radius 3 is 2.67 bits per heavy atom. The number of nitrogens with one attached hydrogen (secondary N) is 3. The van der Waals surface area contributed by atoms with E-state index in [0.717, 1.165) is 74.5 Å². The summed E-state index contributed by atoms with van der Waals surface area (Å²) in [5.74, 6) is 2.31. The minimum Gasteiger partial charge on any atom is -0.356 e. The van der Waals surface area contributed by atoms with Crippen molar-refractivity contribution in [3.63, 3.8) is 0 Å². The van der Waals surface area contributed by atoms with E-state index >= 15 is 0 Å². The Morgan fingerprint density at radius 1 is 1.11 bits per heavy atom. The molecule has 8 nitrogen and oxygen atoms in total. The molecule has 1 saturated carbocycles. The lowest BCUT2D eigenvalue weighted by atomic mass is 9.81. The molecule has 2 aromatic rings. The molecule has 0 unspecified atom stereocenters. The van der Waals surface area contributed by atoms with Crippen LogP contribution in [-0.2, 0) is 23.2 Å². The lowest BCUT2D eigenvalue weighted by Gasteiger charge is -2.32. The van der Waals surface area contributed by atoms with Gasteiger partial charge in [0.15, 0.2) is 0 Å². The molecule has 0 radical (unpaired) electrons. The van der Waals surface area contributed by atoms with Gasteiger partial charge in [0, 0.05) is 36.5 Å². The zero-order valence-corrected chi connectivity index (χ0v) is 21.8. The van der Waals surface area contributed by atoms with E-state index < -0.39 is 0 Å². The Bertz CT molecular complexity index is 1090. The topological polar surface area (TPSA) is 91.3 Å². The second kappa shape index (κ2) is 11.2. The van der Waals surface area contributed by atoms with Gasteiger partial charge in [-0.2, -0.15) is 5.10 Å². The molecule has 2 amide bonds. The maximum Gasteiger partial charge on any atom is 0.230 e. The van der Waals surface area contributed by atoms with Gasteiger partial charge >= 0.3 is 0 Å². The summed E-state index contributed by atoms with van der Waals surface area (Å²) in [6.07, 6.45) is 9.41. The summed E-state index contributed by atoms with van der Waals surface area (Å²) in [4.78, 5) is 28.0. The third-order valence-electron chi connectivity index (χ3n) is 8.13. The molecule has 3 aliphatic rings. The molecule has 3 N–H and O–H groups in total. The summed E-state index contributed by atoms with van der Waals surface area (Å²) < 4.78 is 1.79. The summed E-state index contributed by atoms with van der Waals surface area (Å²) in [5.41, 5.74) is 2.65. The van der Waals surface area contributed by atoms with Gasteiger partial charge in [-0.3, -0.25) is 14.3 Å². The SMILES string of the molecule is Cn1ncc2c1Nc1cc(Cl)ccc1N(C(=O)C1CCC(CNC(=O)CCC3CCNCC3)CC1)C2. The Labute approximate surface area is 218 Å². The summed E-state index contributed by atoms with van der Waals surface area (Å²) in [6, 6.07) is 5.62. The molecule has 2 aliphatic heterocycles. The van der Waals surface area contributed by atoms with Crippen LogP contribution in [0.25, 0.3) is 0 Å². The second-order valence-electron chi connectivity index (χ2n) is 10.6. The molecule has 194 valence electrons. The van der Waals surface area contributed by atoms with E-state index in [9.17, 15) is 9.59 Å². The molecule has 0 spiro atoms. The monoisotopic (exact) mass is 512 g/mol. The van der Waals surface area contributed by atoms with Crippen LogP contribution in [0.5, 0.6) is 0 Å². The first-order valence-electron chi connectivity index (χ1n) is 13.3. The van der Waals surface area contributed by atoms with Crippen molar-refractivity contribution in [2.24, 2.45) is 24.8 Å². The molecule has 1 aromatic heterocycles. The molecular formula is C27H37ClN6O2. The number of piperidine rings is 1. The maximum atomic E-state index is 13.7. The number of carbonyl (C=O) groups excluding carboxylic acids is 2. The van der Waals surface area contributed by atoms with Crippen LogP contribution in [0.1, 0.15) is 56.9 Å². The standard InChI is InChI=1S/C27H37ClN6O2/c1-33-26-21(16-31-33)17-34(24-8-7-22(28)14-23(24)32-26)27(36)20-5-2-19(3-6-20)15-30-25(35)9-4-18-10-12-29-13-11-18/h7-8,14,16,18-20,29,32H,2-6,9-13,15,17H2,1H3,(H,30,35). The van der Waals surface area contributed by atoms with Gasteiger partial charge in [-0.1, -0.05) is 11.6 Å². The molecular weight excluding hydrogens is 476 g/mol. The average molecular weight is 513 g/mol. The number of carbonyl (C=O) groups is 2. The summed E-state index contributed by atoms with van der Waals surface area (Å²) in [7, 11) is 1.89. The Balaban J connectivity index is 1.15. The molecule has 5 rings (SSSR count). The Morgan fingerprint density at radius 2 is 1.89 bits per heavy atom. The van der Waals surface area contributed by atoms with E-state index in [-0.39, 0.29) is 17.7 Å². The molecule has 1 aliphatic carbocycles. The van der Waals surface area contributed by atoms with E-state index in [1.54, 1.807) is 4.68 Å². The van der Waals surface area contributed by atoms with Crippen LogP contribution in [-0.4, -0.2) is 41.2 Å². The summed E-state index contributed by atoms with van der Waals surface area (Å²) >= 11 is 6.28. The van der Waals surface area contributed by atoms with Crippen LogP contribution in [0.3, 0.4) is 0 Å². The number of fused-ring (bicyclic) bond motifs is 2. The van der Waals surface area contributed by atoms with Crippen molar-refractivity contribution in [2.75, 3.05) is 29.9 Å². The van der Waals surface area contributed by atoms with Gasteiger partial charge in [0.25, 0.3) is 0 Å². The fourth-order valence-electron chi connectivity index (χ4n) is 5.87. The Hall–Kier alpha value is -2.58. The third kappa shape index (κ3) is 5.70. The van der Waals surface area contributed by atoms with Crippen LogP contribution in [0.2, 0.25) is 5.02 Å². The fourth-order valence-corrected chi connectivity index (χ4v) is 6.04. The van der Waals surface area contributed by atoms with Gasteiger partial charge in [-0.25, -0.2) is 0 Å². The molecule has 3 heterocycles. The van der Waals surface area contributed by atoms with Gasteiger partial charge in [-0.05, 0) is 88.1 Å². The number of aromatic nitrogens is 2. The third-order valence-corrected chi connectivity index (χ3v) is 8.37. The minimum absolute atomic E-state index is 0.0152. The number of hydrogen-bond donors (Lipinski definition) is 3. The van der Waals surface area contributed by atoms with E-state index in [0.29, 0.717) is 29.8 Å². The van der Waals surface area contributed by atoms with E-state index in [2.05, 4.69) is 21.0 Å². The van der Waals surface area contributed by atoms with E-state index in [1.165, 1.54) is 12.8 Å². The van der Waals surface area contributed by atoms with Crippen molar-refractivity contribution < 1.29 is 9.59 Å². The summed E-state index contributed by atoms with van der Waals surface area (Å²) in [6.45, 7) is 3.35. The second-order valence-corrected chi connectivity index (χ2v) is 11.0. The smallest absolute Gasteiger partial charge is 0.230 e. The van der Waals surface area contributed by atoms with Crippen LogP contribution >= 0.6 is 11.6 Å². The molecule has 1 saturated heterocycles. The highest BCUT2D eigenvalue weighted by molar-refractivity contribution is 6.31. The number of benzene rings is 1. The molecule has 9 heteroatoms. The number of anilines is 3. The van der Waals surface area contributed by atoms with Crippen LogP contribution in [0, 0.1) is 17.8 Å². The van der Waals surface area contributed by atoms with E-state index in [1.807, 2.05) is 36.3 Å². The highest BCUT2D eigenvalue weighted by Crippen LogP contribution is 2.39.